The summed E-state index contributed by atoms with van der Waals surface area (Å²) in [6.45, 7) is 6.33. The third-order valence-electron chi connectivity index (χ3n) is 3.12. The van der Waals surface area contributed by atoms with Crippen LogP contribution < -0.4 is 11.1 Å². The van der Waals surface area contributed by atoms with Gasteiger partial charge in [0.25, 0.3) is 5.95 Å². The summed E-state index contributed by atoms with van der Waals surface area (Å²) < 4.78 is 1.52. The molecular formula is C13H21N7O. The van der Waals surface area contributed by atoms with E-state index in [-0.39, 0.29) is 24.0 Å². The van der Waals surface area contributed by atoms with Gasteiger partial charge in [0.2, 0.25) is 11.9 Å². The van der Waals surface area contributed by atoms with Crippen LogP contribution in [0.3, 0.4) is 0 Å². The van der Waals surface area contributed by atoms with Crippen LogP contribution in [0.1, 0.15) is 27.2 Å². The highest BCUT2D eigenvalue weighted by Gasteiger charge is 2.25. The molecule has 0 saturated heterocycles. The summed E-state index contributed by atoms with van der Waals surface area (Å²) in [4.78, 5) is 12.5. The largest absolute Gasteiger partial charge is 0.396 e. The molecule has 2 heterocycles. The number of nitrogens with one attached hydrogen (secondary N) is 1. The summed E-state index contributed by atoms with van der Waals surface area (Å²) in [6.07, 6.45) is 3.95. The maximum atomic E-state index is 9.21. The fourth-order valence-electron chi connectivity index (χ4n) is 1.94. The van der Waals surface area contributed by atoms with Gasteiger partial charge < -0.3 is 16.2 Å². The van der Waals surface area contributed by atoms with Crippen molar-refractivity contribution in [3.05, 3.63) is 18.5 Å². The standard InChI is InChI=1S/C13H21N7O/c1-13(2,3)9(5-8-21)16-11-17-10(14)18-12(19-11)20-7-4-6-15-20/h4,6-7,9,21H,5,8H2,1-3H3,(H3,14,16,17,18,19). The Kier molecular flexibility index (Phi) is 4.37. The summed E-state index contributed by atoms with van der Waals surface area (Å²) >= 11 is 0. The van der Waals surface area contributed by atoms with Crippen molar-refractivity contribution in [3.8, 4) is 5.95 Å². The lowest BCUT2D eigenvalue weighted by Crippen LogP contribution is -2.35. The first kappa shape index (κ1) is 15.2. The van der Waals surface area contributed by atoms with Crippen LogP contribution in [0.4, 0.5) is 11.9 Å². The topological polar surface area (TPSA) is 115 Å². The number of nitrogens with two attached hydrogens (primary N) is 1. The van der Waals surface area contributed by atoms with Crippen molar-refractivity contribution < 1.29 is 5.11 Å². The highest BCUT2D eigenvalue weighted by Crippen LogP contribution is 2.24. The first-order chi connectivity index (χ1) is 9.90. The van der Waals surface area contributed by atoms with Gasteiger partial charge in [-0.3, -0.25) is 0 Å². The number of aliphatic hydroxyl groups excluding tert-OH is 1. The zero-order valence-electron chi connectivity index (χ0n) is 12.5. The average molecular weight is 291 g/mol. The first-order valence-electron chi connectivity index (χ1n) is 6.79. The lowest BCUT2D eigenvalue weighted by Gasteiger charge is -2.31. The average Bonchev–Trinajstić information content (AvgIpc) is 2.90. The molecule has 2 rings (SSSR count). The van der Waals surface area contributed by atoms with E-state index in [4.69, 9.17) is 5.73 Å². The zero-order valence-corrected chi connectivity index (χ0v) is 12.5. The maximum Gasteiger partial charge on any atom is 0.257 e. The molecule has 8 heteroatoms. The molecule has 0 amide bonds. The Morgan fingerprint density at radius 3 is 2.67 bits per heavy atom. The van der Waals surface area contributed by atoms with Crippen LogP contribution >= 0.6 is 0 Å². The molecule has 2 aromatic rings. The number of aliphatic hydroxyl groups is 1. The van der Waals surface area contributed by atoms with E-state index in [0.717, 1.165) is 0 Å². The molecule has 0 aliphatic carbocycles. The number of anilines is 2. The van der Waals surface area contributed by atoms with Gasteiger partial charge in [-0.25, -0.2) is 4.68 Å². The third kappa shape index (κ3) is 3.88. The van der Waals surface area contributed by atoms with E-state index in [0.29, 0.717) is 18.3 Å². The quantitative estimate of drug-likeness (QED) is 0.748. The van der Waals surface area contributed by atoms with Gasteiger partial charge in [0.05, 0.1) is 0 Å². The molecule has 1 atom stereocenters. The van der Waals surface area contributed by atoms with Crippen LogP contribution in [0.5, 0.6) is 0 Å². The molecule has 0 aliphatic rings. The van der Waals surface area contributed by atoms with E-state index in [9.17, 15) is 5.11 Å². The minimum absolute atomic E-state index is 0.00905. The van der Waals surface area contributed by atoms with E-state index in [1.165, 1.54) is 4.68 Å². The normalized spacial score (nSPS) is 13.1. The molecule has 2 aromatic heterocycles. The van der Waals surface area contributed by atoms with Crippen LogP contribution in [0.15, 0.2) is 18.5 Å². The lowest BCUT2D eigenvalue weighted by molar-refractivity contribution is 0.235. The van der Waals surface area contributed by atoms with Crippen LogP contribution in [-0.4, -0.2) is 42.5 Å². The molecule has 4 N–H and O–H groups in total. The summed E-state index contributed by atoms with van der Waals surface area (Å²) in [6, 6.07) is 1.78. The second kappa shape index (κ2) is 6.04. The molecule has 1 unspecified atom stereocenters. The minimum atomic E-state index is -0.0595. The molecule has 0 aliphatic heterocycles. The van der Waals surface area contributed by atoms with Gasteiger partial charge in [0, 0.05) is 25.0 Å². The Hall–Kier alpha value is -2.22. The summed E-state index contributed by atoms with van der Waals surface area (Å²) in [5.41, 5.74) is 5.67. The Bertz CT molecular complexity index is 577. The molecule has 0 spiro atoms. The SMILES string of the molecule is CC(C)(C)C(CCO)Nc1nc(N)nc(-n2cccn2)n1. The molecule has 21 heavy (non-hydrogen) atoms. The fraction of sp³-hybridized carbons (Fsp3) is 0.538. The molecule has 0 radical (unpaired) electrons. The Morgan fingerprint density at radius 1 is 1.33 bits per heavy atom. The maximum absolute atomic E-state index is 9.21. The molecular weight excluding hydrogens is 270 g/mol. The van der Waals surface area contributed by atoms with Crippen molar-refractivity contribution in [2.45, 2.75) is 33.2 Å². The van der Waals surface area contributed by atoms with Crippen molar-refractivity contribution in [2.24, 2.45) is 5.41 Å². The Morgan fingerprint density at radius 2 is 2.10 bits per heavy atom. The van der Waals surface area contributed by atoms with Crippen molar-refractivity contribution >= 4 is 11.9 Å². The molecule has 0 fully saturated rings. The van der Waals surface area contributed by atoms with Gasteiger partial charge in [0.1, 0.15) is 0 Å². The minimum Gasteiger partial charge on any atom is -0.396 e. The summed E-state index contributed by atoms with van der Waals surface area (Å²) in [5, 5.41) is 16.5. The lowest BCUT2D eigenvalue weighted by atomic mass is 9.85. The van der Waals surface area contributed by atoms with Crippen LogP contribution in [0.2, 0.25) is 0 Å². The molecule has 114 valence electrons. The second-order valence-electron chi connectivity index (χ2n) is 5.84. The van der Waals surface area contributed by atoms with Crippen LogP contribution in [0.25, 0.3) is 5.95 Å². The number of hydrogen-bond donors (Lipinski definition) is 3. The number of hydrogen-bond acceptors (Lipinski definition) is 7. The van der Waals surface area contributed by atoms with E-state index < -0.39 is 0 Å². The predicted octanol–water partition coefficient (Wildman–Crippen LogP) is 0.848. The van der Waals surface area contributed by atoms with Crippen molar-refractivity contribution in [3.63, 3.8) is 0 Å². The third-order valence-corrected chi connectivity index (χ3v) is 3.12. The molecule has 0 saturated carbocycles. The predicted molar refractivity (Wildman–Crippen MR) is 79.9 cm³/mol. The van der Waals surface area contributed by atoms with Crippen LogP contribution in [0, 0.1) is 5.41 Å². The van der Waals surface area contributed by atoms with Crippen LogP contribution in [-0.2, 0) is 0 Å². The monoisotopic (exact) mass is 291 g/mol. The van der Waals surface area contributed by atoms with Gasteiger partial charge in [-0.05, 0) is 17.9 Å². The molecule has 0 aromatic carbocycles. The Balaban J connectivity index is 2.27. The van der Waals surface area contributed by atoms with Gasteiger partial charge in [0.15, 0.2) is 0 Å². The van der Waals surface area contributed by atoms with E-state index in [2.05, 4.69) is 46.1 Å². The van der Waals surface area contributed by atoms with Crippen molar-refractivity contribution in [2.75, 3.05) is 17.7 Å². The van der Waals surface area contributed by atoms with Gasteiger partial charge >= 0.3 is 0 Å². The van der Waals surface area contributed by atoms with E-state index >= 15 is 0 Å². The van der Waals surface area contributed by atoms with Crippen molar-refractivity contribution in [1.82, 2.24) is 24.7 Å². The molecule has 0 bridgehead atoms. The fourth-order valence-corrected chi connectivity index (χ4v) is 1.94. The van der Waals surface area contributed by atoms with E-state index in [1.807, 2.05) is 0 Å². The first-order valence-corrected chi connectivity index (χ1v) is 6.79. The summed E-state index contributed by atoms with van der Waals surface area (Å²) in [7, 11) is 0. The zero-order chi connectivity index (χ0) is 15.5. The smallest absolute Gasteiger partial charge is 0.257 e. The number of aromatic nitrogens is 5. The van der Waals surface area contributed by atoms with Gasteiger partial charge in [-0.2, -0.15) is 20.1 Å². The van der Waals surface area contributed by atoms with Crippen molar-refractivity contribution in [1.29, 1.82) is 0 Å². The Labute approximate surface area is 123 Å². The highest BCUT2D eigenvalue weighted by atomic mass is 16.3. The van der Waals surface area contributed by atoms with Gasteiger partial charge in [-0.1, -0.05) is 20.8 Å². The number of nitrogen functional groups attached to an aromatic ring is 1. The van der Waals surface area contributed by atoms with Gasteiger partial charge in [-0.15, -0.1) is 0 Å². The highest BCUT2D eigenvalue weighted by molar-refractivity contribution is 5.36. The summed E-state index contributed by atoms with van der Waals surface area (Å²) in [5.74, 6) is 0.850. The second-order valence-corrected chi connectivity index (χ2v) is 5.84. The van der Waals surface area contributed by atoms with E-state index in [1.54, 1.807) is 18.5 Å². The molecule has 8 nitrogen and oxygen atoms in total. The number of nitrogens with zero attached hydrogens (tertiary/aromatic N) is 5. The number of rotatable bonds is 5.